The number of pyridine rings is 1. The number of nitriles is 1. The molecule has 1 heterocycles. The van der Waals surface area contributed by atoms with Crippen molar-refractivity contribution in [3.05, 3.63) is 50.3 Å². The third-order valence-electron chi connectivity index (χ3n) is 3.87. The van der Waals surface area contributed by atoms with Crippen LogP contribution in [0.15, 0.2) is 33.2 Å². The van der Waals surface area contributed by atoms with Crippen molar-refractivity contribution in [2.75, 3.05) is 6.61 Å². The molecule has 0 aliphatic carbocycles. The standard InChI is InChI=1S/C19H19ClN4O5/c1-10(2)29-19(28)13-8-12(4-5-15(13)20)22-23-16-11(3)14(9-21)17(26)24(6-7-25)18(16)27/h4-5,8,10,25-26H,6-7H2,1-3H3. The SMILES string of the molecule is Cc1c(C#N)c(O)n(CCO)c(=O)c1N=Nc1ccc(Cl)c(C(=O)OC(C)C)c1. The van der Waals surface area contributed by atoms with Gasteiger partial charge in [0.15, 0.2) is 5.69 Å². The molecule has 2 rings (SSSR count). The molecule has 1 aromatic carbocycles. The second-order valence-corrected chi connectivity index (χ2v) is 6.69. The minimum absolute atomic E-state index is 0.0923. The maximum Gasteiger partial charge on any atom is 0.339 e. The van der Waals surface area contributed by atoms with Gasteiger partial charge in [0.2, 0.25) is 5.88 Å². The molecule has 2 N–H and O–H groups in total. The summed E-state index contributed by atoms with van der Waals surface area (Å²) in [6.07, 6.45) is -0.335. The van der Waals surface area contributed by atoms with E-state index in [1.807, 2.05) is 0 Å². The molecule has 0 bridgehead atoms. The number of aliphatic hydroxyl groups excluding tert-OH is 1. The molecule has 0 fully saturated rings. The number of aromatic nitrogens is 1. The highest BCUT2D eigenvalue weighted by molar-refractivity contribution is 6.33. The molecule has 0 unspecified atom stereocenters. The molecule has 9 nitrogen and oxygen atoms in total. The van der Waals surface area contributed by atoms with Crippen molar-refractivity contribution in [2.45, 2.75) is 33.4 Å². The fourth-order valence-electron chi connectivity index (χ4n) is 2.48. The van der Waals surface area contributed by atoms with Crippen LogP contribution in [0.4, 0.5) is 11.4 Å². The molecule has 152 valence electrons. The van der Waals surface area contributed by atoms with E-state index in [0.717, 1.165) is 4.57 Å². The number of esters is 1. The Kier molecular flexibility index (Phi) is 7.09. The first-order valence-electron chi connectivity index (χ1n) is 8.60. The zero-order valence-electron chi connectivity index (χ0n) is 16.0. The molecule has 29 heavy (non-hydrogen) atoms. The fraction of sp³-hybridized carbons (Fsp3) is 0.316. The van der Waals surface area contributed by atoms with Gasteiger partial charge in [0.25, 0.3) is 5.56 Å². The number of hydrogen-bond donors (Lipinski definition) is 2. The summed E-state index contributed by atoms with van der Waals surface area (Å²) in [6, 6.07) is 6.11. The van der Waals surface area contributed by atoms with Crippen molar-refractivity contribution in [1.82, 2.24) is 4.57 Å². The van der Waals surface area contributed by atoms with E-state index in [4.69, 9.17) is 21.4 Å². The molecule has 0 aliphatic rings. The van der Waals surface area contributed by atoms with E-state index in [2.05, 4.69) is 10.2 Å². The van der Waals surface area contributed by atoms with Crippen LogP contribution in [0.1, 0.15) is 35.3 Å². The minimum atomic E-state index is -0.717. The number of halogens is 1. The fourth-order valence-corrected chi connectivity index (χ4v) is 2.68. The van der Waals surface area contributed by atoms with Crippen LogP contribution in [-0.4, -0.2) is 33.5 Å². The Morgan fingerprint density at radius 1 is 1.38 bits per heavy atom. The normalized spacial score (nSPS) is 11.1. The largest absolute Gasteiger partial charge is 0.493 e. The summed E-state index contributed by atoms with van der Waals surface area (Å²) in [7, 11) is 0. The van der Waals surface area contributed by atoms with Crippen molar-refractivity contribution in [3.63, 3.8) is 0 Å². The van der Waals surface area contributed by atoms with Crippen LogP contribution in [0.2, 0.25) is 5.02 Å². The molecule has 2 aromatic rings. The Bertz CT molecular complexity index is 1070. The number of carbonyl (C=O) groups is 1. The average Bonchev–Trinajstić information content (AvgIpc) is 2.66. The van der Waals surface area contributed by atoms with Crippen molar-refractivity contribution in [1.29, 1.82) is 5.26 Å². The van der Waals surface area contributed by atoms with Gasteiger partial charge in [-0.05, 0) is 39.0 Å². The monoisotopic (exact) mass is 418 g/mol. The van der Waals surface area contributed by atoms with Crippen LogP contribution in [-0.2, 0) is 11.3 Å². The molecule has 0 saturated carbocycles. The van der Waals surface area contributed by atoms with E-state index in [1.54, 1.807) is 19.9 Å². The lowest BCUT2D eigenvalue weighted by atomic mass is 10.1. The Hall–Kier alpha value is -3.22. The lowest BCUT2D eigenvalue weighted by Crippen LogP contribution is -2.23. The van der Waals surface area contributed by atoms with Gasteiger partial charge >= 0.3 is 5.97 Å². The lowest BCUT2D eigenvalue weighted by molar-refractivity contribution is 0.0378. The van der Waals surface area contributed by atoms with Crippen LogP contribution >= 0.6 is 11.6 Å². The Morgan fingerprint density at radius 3 is 2.66 bits per heavy atom. The summed E-state index contributed by atoms with van der Waals surface area (Å²) in [5.41, 5.74) is -0.580. The number of azo groups is 1. The van der Waals surface area contributed by atoms with Gasteiger partial charge in [-0.1, -0.05) is 11.6 Å². The van der Waals surface area contributed by atoms with Gasteiger partial charge in [0.1, 0.15) is 11.6 Å². The van der Waals surface area contributed by atoms with Crippen LogP contribution in [0.5, 0.6) is 5.88 Å². The number of benzene rings is 1. The summed E-state index contributed by atoms with van der Waals surface area (Å²) >= 11 is 6.04. The van der Waals surface area contributed by atoms with Gasteiger partial charge in [0, 0.05) is 5.56 Å². The summed E-state index contributed by atoms with van der Waals surface area (Å²) in [5, 5.41) is 36.5. The Balaban J connectivity index is 2.52. The highest BCUT2D eigenvalue weighted by Gasteiger charge is 2.19. The summed E-state index contributed by atoms with van der Waals surface area (Å²) < 4.78 is 5.96. The third kappa shape index (κ3) is 4.80. The van der Waals surface area contributed by atoms with E-state index in [-0.39, 0.29) is 45.7 Å². The Labute approximate surface area is 171 Å². The molecule has 0 spiro atoms. The third-order valence-corrected chi connectivity index (χ3v) is 4.20. The van der Waals surface area contributed by atoms with Crippen LogP contribution in [0.25, 0.3) is 0 Å². The van der Waals surface area contributed by atoms with Gasteiger partial charge in [-0.2, -0.15) is 10.4 Å². The second kappa shape index (κ2) is 9.32. The number of aliphatic hydroxyl groups is 1. The number of carbonyl (C=O) groups excluding carboxylic acids is 1. The quantitative estimate of drug-likeness (QED) is 0.545. The minimum Gasteiger partial charge on any atom is -0.493 e. The molecule has 0 atom stereocenters. The van der Waals surface area contributed by atoms with E-state index in [9.17, 15) is 20.0 Å². The predicted molar refractivity (Wildman–Crippen MR) is 105 cm³/mol. The van der Waals surface area contributed by atoms with Crippen molar-refractivity contribution in [2.24, 2.45) is 10.2 Å². The molecule has 0 radical (unpaired) electrons. The highest BCUT2D eigenvalue weighted by Crippen LogP contribution is 2.28. The highest BCUT2D eigenvalue weighted by atomic mass is 35.5. The number of aromatic hydroxyl groups is 1. The van der Waals surface area contributed by atoms with E-state index in [0.29, 0.717) is 0 Å². The average molecular weight is 419 g/mol. The van der Waals surface area contributed by atoms with Crippen molar-refractivity contribution >= 4 is 28.9 Å². The molecule has 1 aromatic heterocycles. The molecule has 0 saturated heterocycles. The van der Waals surface area contributed by atoms with Gasteiger partial charge < -0.3 is 14.9 Å². The van der Waals surface area contributed by atoms with Crippen LogP contribution in [0, 0.1) is 18.3 Å². The van der Waals surface area contributed by atoms with Crippen LogP contribution < -0.4 is 5.56 Å². The number of rotatable bonds is 6. The summed E-state index contributed by atoms with van der Waals surface area (Å²) in [4.78, 5) is 24.7. The van der Waals surface area contributed by atoms with Gasteiger partial charge in [-0.15, -0.1) is 5.11 Å². The van der Waals surface area contributed by atoms with E-state index < -0.39 is 24.0 Å². The maximum atomic E-state index is 12.6. The van der Waals surface area contributed by atoms with E-state index >= 15 is 0 Å². The molecular formula is C19H19ClN4O5. The maximum absolute atomic E-state index is 12.6. The van der Waals surface area contributed by atoms with Gasteiger partial charge in [0.05, 0.1) is 35.5 Å². The van der Waals surface area contributed by atoms with Crippen LogP contribution in [0.3, 0.4) is 0 Å². The Morgan fingerprint density at radius 2 is 2.07 bits per heavy atom. The molecular weight excluding hydrogens is 400 g/mol. The first kappa shape index (κ1) is 22.1. The number of hydrogen-bond acceptors (Lipinski definition) is 8. The van der Waals surface area contributed by atoms with Gasteiger partial charge in [-0.3, -0.25) is 9.36 Å². The van der Waals surface area contributed by atoms with Crippen molar-refractivity contribution < 1.29 is 19.7 Å². The first-order chi connectivity index (χ1) is 13.7. The summed E-state index contributed by atoms with van der Waals surface area (Å²) in [6.45, 7) is 4.22. The molecule has 0 amide bonds. The van der Waals surface area contributed by atoms with E-state index in [1.165, 1.54) is 25.1 Å². The molecule has 0 aliphatic heterocycles. The zero-order valence-corrected chi connectivity index (χ0v) is 16.8. The van der Waals surface area contributed by atoms with Crippen molar-refractivity contribution in [3.8, 4) is 11.9 Å². The topological polar surface area (TPSA) is 137 Å². The second-order valence-electron chi connectivity index (χ2n) is 6.28. The zero-order chi connectivity index (χ0) is 21.7. The first-order valence-corrected chi connectivity index (χ1v) is 8.98. The smallest absolute Gasteiger partial charge is 0.339 e. The number of ether oxygens (including phenoxy) is 1. The summed E-state index contributed by atoms with van der Waals surface area (Å²) in [5.74, 6) is -1.17. The molecule has 10 heteroatoms. The van der Waals surface area contributed by atoms with Gasteiger partial charge in [-0.25, -0.2) is 4.79 Å². The lowest BCUT2D eigenvalue weighted by Gasteiger charge is -2.11. The number of nitrogens with zero attached hydrogens (tertiary/aromatic N) is 4. The predicted octanol–water partition coefficient (Wildman–Crippen LogP) is 3.36.